The summed E-state index contributed by atoms with van der Waals surface area (Å²) in [7, 11) is 0. The van der Waals surface area contributed by atoms with Gasteiger partial charge in [-0.15, -0.1) is 0 Å². The van der Waals surface area contributed by atoms with Crippen LogP contribution < -0.4 is 11.1 Å². The summed E-state index contributed by atoms with van der Waals surface area (Å²) in [5.41, 5.74) is 7.96. The lowest BCUT2D eigenvalue weighted by atomic mass is 9.87. The third-order valence-electron chi connectivity index (χ3n) is 6.19. The van der Waals surface area contributed by atoms with Crippen molar-refractivity contribution in [3.05, 3.63) is 78.0 Å². The van der Waals surface area contributed by atoms with Crippen LogP contribution in [-0.2, 0) is 17.8 Å². The van der Waals surface area contributed by atoms with E-state index in [-0.39, 0.29) is 17.3 Å². The highest BCUT2D eigenvalue weighted by molar-refractivity contribution is 5.82. The van der Waals surface area contributed by atoms with Gasteiger partial charge in [-0.05, 0) is 37.0 Å². The van der Waals surface area contributed by atoms with E-state index in [0.29, 0.717) is 25.2 Å². The Balaban J connectivity index is 1.55. The van der Waals surface area contributed by atoms with Crippen molar-refractivity contribution in [3.8, 4) is 11.3 Å². The number of hydrogen-bond donors (Lipinski definition) is 2. The van der Waals surface area contributed by atoms with Crippen LogP contribution in [0.2, 0.25) is 0 Å². The molecule has 5 nitrogen and oxygen atoms in total. The lowest BCUT2D eigenvalue weighted by Gasteiger charge is -2.24. The van der Waals surface area contributed by atoms with Gasteiger partial charge in [-0.2, -0.15) is 0 Å². The van der Waals surface area contributed by atoms with Crippen LogP contribution in [0.25, 0.3) is 11.3 Å². The average molecular weight is 435 g/mol. The van der Waals surface area contributed by atoms with Crippen molar-refractivity contribution in [1.29, 1.82) is 0 Å². The van der Waals surface area contributed by atoms with Crippen LogP contribution in [0.1, 0.15) is 44.5 Å². The molecule has 1 heterocycles. The van der Waals surface area contributed by atoms with Crippen LogP contribution in [-0.4, -0.2) is 27.5 Å². The minimum Gasteiger partial charge on any atom is -0.356 e. The largest absolute Gasteiger partial charge is 0.356 e. The molecule has 4 rings (SSSR count). The zero-order chi connectivity index (χ0) is 22.8. The van der Waals surface area contributed by atoms with Crippen molar-refractivity contribution in [3.63, 3.8) is 0 Å². The molecule has 0 unspecified atom stereocenters. The van der Waals surface area contributed by atoms with Crippen LogP contribution in [0.5, 0.6) is 0 Å². The van der Waals surface area contributed by atoms with E-state index >= 15 is 0 Å². The Kier molecular flexibility index (Phi) is 6.15. The Morgan fingerprint density at radius 2 is 1.94 bits per heavy atom. The zero-order valence-corrected chi connectivity index (χ0v) is 18.8. The summed E-state index contributed by atoms with van der Waals surface area (Å²) in [6.45, 7) is 5.08. The van der Waals surface area contributed by atoms with Gasteiger partial charge in [0.2, 0.25) is 5.91 Å². The van der Waals surface area contributed by atoms with Gasteiger partial charge in [0.1, 0.15) is 11.6 Å². The van der Waals surface area contributed by atoms with Crippen molar-refractivity contribution >= 4 is 5.91 Å². The molecule has 32 heavy (non-hydrogen) atoms. The predicted octanol–water partition coefficient (Wildman–Crippen LogP) is 4.30. The van der Waals surface area contributed by atoms with E-state index in [2.05, 4.69) is 22.0 Å². The van der Waals surface area contributed by atoms with Gasteiger partial charge in [-0.25, -0.2) is 9.37 Å². The lowest BCUT2D eigenvalue weighted by Crippen LogP contribution is -2.41. The van der Waals surface area contributed by atoms with Crippen LogP contribution in [0.15, 0.2) is 60.8 Å². The Bertz CT molecular complexity index is 1090. The highest BCUT2D eigenvalue weighted by Crippen LogP contribution is 2.35. The number of nitrogens with one attached hydrogen (secondary N) is 1. The summed E-state index contributed by atoms with van der Waals surface area (Å²) < 4.78 is 15.9. The maximum absolute atomic E-state index is 13.8. The van der Waals surface area contributed by atoms with E-state index in [1.54, 1.807) is 6.07 Å². The lowest BCUT2D eigenvalue weighted by molar-refractivity contribution is -0.129. The van der Waals surface area contributed by atoms with Gasteiger partial charge in [-0.1, -0.05) is 56.3 Å². The van der Waals surface area contributed by atoms with Crippen LogP contribution in [0.4, 0.5) is 4.39 Å². The molecule has 0 radical (unpaired) electrons. The van der Waals surface area contributed by atoms with E-state index in [0.717, 1.165) is 36.2 Å². The number of imidazole rings is 1. The summed E-state index contributed by atoms with van der Waals surface area (Å²) in [6, 6.07) is 16.5. The molecule has 0 spiro atoms. The molecule has 0 bridgehead atoms. The molecule has 3 aromatic rings. The SMILES string of the molecule is CC(C)(Cc1nc(-c2cccc(F)c2)cn1Cc1ccccc1)C(=O)NCCC1(N)CC1. The topological polar surface area (TPSA) is 72.9 Å². The minimum absolute atomic E-state index is 0.0108. The number of nitrogens with zero attached hydrogens (tertiary/aromatic N) is 2. The standard InChI is InChI=1S/C26H31FN4O/c1-25(2,24(32)29-14-13-26(28)11-12-26)16-23-30-22(20-9-6-10-21(27)15-20)18-31(23)17-19-7-4-3-5-8-19/h3-10,15,18H,11-14,16-17,28H2,1-2H3,(H,29,32). The van der Waals surface area contributed by atoms with E-state index in [1.807, 2.05) is 44.3 Å². The van der Waals surface area contributed by atoms with E-state index in [4.69, 9.17) is 10.7 Å². The number of carbonyl (C=O) groups excluding carboxylic acids is 1. The van der Waals surface area contributed by atoms with Gasteiger partial charge in [0, 0.05) is 36.8 Å². The Morgan fingerprint density at radius 3 is 2.62 bits per heavy atom. The maximum atomic E-state index is 13.8. The molecule has 0 atom stereocenters. The molecule has 0 aliphatic heterocycles. The first-order valence-electron chi connectivity index (χ1n) is 11.2. The monoisotopic (exact) mass is 434 g/mol. The van der Waals surface area contributed by atoms with Crippen molar-refractivity contribution in [2.24, 2.45) is 11.1 Å². The molecular formula is C26H31FN4O. The maximum Gasteiger partial charge on any atom is 0.226 e. The van der Waals surface area contributed by atoms with Gasteiger partial charge >= 0.3 is 0 Å². The minimum atomic E-state index is -0.649. The molecule has 3 N–H and O–H groups in total. The first kappa shape index (κ1) is 22.2. The van der Waals surface area contributed by atoms with Crippen LogP contribution in [0.3, 0.4) is 0 Å². The van der Waals surface area contributed by atoms with Crippen LogP contribution in [0, 0.1) is 11.2 Å². The summed E-state index contributed by atoms with van der Waals surface area (Å²) in [6.07, 6.45) is 5.28. The van der Waals surface area contributed by atoms with Gasteiger partial charge in [0.05, 0.1) is 11.1 Å². The second-order valence-electron chi connectivity index (χ2n) is 9.60. The van der Waals surface area contributed by atoms with E-state index in [1.165, 1.54) is 12.1 Å². The van der Waals surface area contributed by atoms with Gasteiger partial charge in [0.15, 0.2) is 0 Å². The zero-order valence-electron chi connectivity index (χ0n) is 18.8. The summed E-state index contributed by atoms with van der Waals surface area (Å²) in [4.78, 5) is 17.7. The number of rotatable bonds is 9. The fourth-order valence-electron chi connectivity index (χ4n) is 3.85. The third kappa shape index (κ3) is 5.43. The summed E-state index contributed by atoms with van der Waals surface area (Å²) in [5.74, 6) is 0.490. The number of hydrogen-bond acceptors (Lipinski definition) is 3. The third-order valence-corrected chi connectivity index (χ3v) is 6.19. The molecule has 1 aliphatic rings. The number of aromatic nitrogens is 2. The molecule has 6 heteroatoms. The van der Waals surface area contributed by atoms with Gasteiger partial charge in [-0.3, -0.25) is 4.79 Å². The van der Waals surface area contributed by atoms with Crippen molar-refractivity contribution in [2.45, 2.75) is 51.6 Å². The molecule has 2 aromatic carbocycles. The molecule has 1 saturated carbocycles. The Hall–Kier alpha value is -2.99. The number of amides is 1. The van der Waals surface area contributed by atoms with Gasteiger partial charge in [0.25, 0.3) is 0 Å². The Labute approximate surface area is 188 Å². The van der Waals surface area contributed by atoms with Crippen molar-refractivity contribution in [1.82, 2.24) is 14.9 Å². The first-order valence-corrected chi connectivity index (χ1v) is 11.2. The van der Waals surface area contributed by atoms with Crippen LogP contribution >= 0.6 is 0 Å². The molecule has 0 saturated heterocycles. The first-order chi connectivity index (χ1) is 15.2. The summed E-state index contributed by atoms with van der Waals surface area (Å²) >= 11 is 0. The van der Waals surface area contributed by atoms with E-state index < -0.39 is 5.41 Å². The fraction of sp³-hybridized carbons (Fsp3) is 0.385. The normalized spacial score (nSPS) is 14.9. The Morgan fingerprint density at radius 1 is 1.19 bits per heavy atom. The van der Waals surface area contributed by atoms with Crippen molar-refractivity contribution < 1.29 is 9.18 Å². The number of halogens is 1. The van der Waals surface area contributed by atoms with Crippen molar-refractivity contribution in [2.75, 3.05) is 6.54 Å². The van der Waals surface area contributed by atoms with E-state index in [9.17, 15) is 9.18 Å². The molecule has 1 amide bonds. The molecule has 1 aromatic heterocycles. The quantitative estimate of drug-likeness (QED) is 0.527. The molecule has 1 aliphatic carbocycles. The number of benzene rings is 2. The number of carbonyl (C=O) groups is 1. The second kappa shape index (κ2) is 8.87. The number of nitrogens with two attached hydrogens (primary N) is 1. The average Bonchev–Trinajstić information content (AvgIpc) is 3.37. The highest BCUT2D eigenvalue weighted by Gasteiger charge is 2.38. The fourth-order valence-corrected chi connectivity index (χ4v) is 3.85. The smallest absolute Gasteiger partial charge is 0.226 e. The molecule has 168 valence electrons. The molecular weight excluding hydrogens is 403 g/mol. The second-order valence-corrected chi connectivity index (χ2v) is 9.60. The van der Waals surface area contributed by atoms with Gasteiger partial charge < -0.3 is 15.6 Å². The molecule has 1 fully saturated rings. The summed E-state index contributed by atoms with van der Waals surface area (Å²) in [5, 5.41) is 3.05. The highest BCUT2D eigenvalue weighted by atomic mass is 19.1. The predicted molar refractivity (Wildman–Crippen MR) is 124 cm³/mol.